The second-order valence-corrected chi connectivity index (χ2v) is 5.86. The van der Waals surface area contributed by atoms with Crippen molar-refractivity contribution < 1.29 is 14.3 Å². The predicted molar refractivity (Wildman–Crippen MR) is 86.9 cm³/mol. The maximum absolute atomic E-state index is 12.1. The van der Waals surface area contributed by atoms with E-state index in [2.05, 4.69) is 21.2 Å². The molecule has 1 N–H and O–H groups in total. The number of hydrogen-bond donors (Lipinski definition) is 1. The van der Waals surface area contributed by atoms with Gasteiger partial charge in [-0.2, -0.15) is 0 Å². The summed E-state index contributed by atoms with van der Waals surface area (Å²) >= 11 is 3.35. The average Bonchev–Trinajstić information content (AvgIpc) is 2.54. The van der Waals surface area contributed by atoms with Crippen molar-refractivity contribution in [3.63, 3.8) is 0 Å². The molecule has 1 aromatic carbocycles. The first-order chi connectivity index (χ1) is 10.6. The fourth-order valence-electron chi connectivity index (χ4n) is 2.19. The summed E-state index contributed by atoms with van der Waals surface area (Å²) in [6.45, 7) is 4.70. The van der Waals surface area contributed by atoms with E-state index in [4.69, 9.17) is 4.74 Å². The van der Waals surface area contributed by atoms with Crippen LogP contribution in [-0.2, 0) is 4.79 Å². The van der Waals surface area contributed by atoms with E-state index >= 15 is 0 Å². The van der Waals surface area contributed by atoms with E-state index < -0.39 is 0 Å². The number of nitrogens with one attached hydrogen (secondary N) is 1. The summed E-state index contributed by atoms with van der Waals surface area (Å²) in [5, 5.41) is 2.77. The highest BCUT2D eigenvalue weighted by Crippen LogP contribution is 2.16. The highest BCUT2D eigenvalue weighted by atomic mass is 79.9. The second-order valence-electron chi connectivity index (χ2n) is 4.95. The van der Waals surface area contributed by atoms with E-state index in [-0.39, 0.29) is 18.5 Å². The van der Waals surface area contributed by atoms with Gasteiger partial charge in [-0.1, -0.05) is 15.9 Å². The van der Waals surface area contributed by atoms with Gasteiger partial charge in [0, 0.05) is 37.2 Å². The number of halogens is 1. The first kappa shape index (κ1) is 16.6. The topological polar surface area (TPSA) is 61.9 Å². The van der Waals surface area contributed by atoms with Gasteiger partial charge in [0.15, 0.2) is 6.61 Å². The predicted octanol–water partition coefficient (Wildman–Crippen LogP) is 1.70. The molecule has 0 spiro atoms. The van der Waals surface area contributed by atoms with Crippen molar-refractivity contribution in [1.82, 2.24) is 15.1 Å². The van der Waals surface area contributed by atoms with Crippen LogP contribution in [0.5, 0.6) is 5.75 Å². The van der Waals surface area contributed by atoms with Crippen LogP contribution in [0, 0.1) is 0 Å². The van der Waals surface area contributed by atoms with Crippen molar-refractivity contribution in [2.24, 2.45) is 0 Å². The number of amides is 3. The normalized spacial score (nSPS) is 14.6. The van der Waals surface area contributed by atoms with E-state index in [1.165, 1.54) is 0 Å². The van der Waals surface area contributed by atoms with Crippen LogP contribution in [0.15, 0.2) is 28.7 Å². The number of piperazine rings is 1. The summed E-state index contributed by atoms with van der Waals surface area (Å²) in [5.74, 6) is 0.607. The molecule has 120 valence electrons. The largest absolute Gasteiger partial charge is 0.484 e. The molecular formula is C15H20BrN3O3. The van der Waals surface area contributed by atoms with Gasteiger partial charge in [-0.25, -0.2) is 4.79 Å². The molecule has 0 saturated carbocycles. The number of rotatable bonds is 4. The Morgan fingerprint density at radius 3 is 2.32 bits per heavy atom. The molecule has 1 fully saturated rings. The summed E-state index contributed by atoms with van der Waals surface area (Å²) in [5.41, 5.74) is 0. The van der Waals surface area contributed by atoms with Gasteiger partial charge in [-0.3, -0.25) is 4.79 Å². The maximum atomic E-state index is 12.1. The summed E-state index contributed by atoms with van der Waals surface area (Å²) in [4.78, 5) is 27.3. The van der Waals surface area contributed by atoms with Gasteiger partial charge < -0.3 is 19.9 Å². The maximum Gasteiger partial charge on any atom is 0.317 e. The Hall–Kier alpha value is -1.76. The molecule has 0 aromatic heterocycles. The molecule has 7 heteroatoms. The quantitative estimate of drug-likeness (QED) is 0.878. The number of urea groups is 1. The smallest absolute Gasteiger partial charge is 0.317 e. The minimum atomic E-state index is -0.0688. The number of carbonyl (C=O) groups is 2. The third-order valence-corrected chi connectivity index (χ3v) is 3.95. The molecule has 0 atom stereocenters. The number of nitrogens with zero attached hydrogens (tertiary/aromatic N) is 2. The molecule has 0 radical (unpaired) electrons. The van der Waals surface area contributed by atoms with Crippen LogP contribution in [0.4, 0.5) is 4.79 Å². The lowest BCUT2D eigenvalue weighted by Crippen LogP contribution is -2.53. The van der Waals surface area contributed by atoms with Crippen LogP contribution in [0.1, 0.15) is 6.92 Å². The molecule has 2 rings (SSSR count). The van der Waals surface area contributed by atoms with Gasteiger partial charge in [0.1, 0.15) is 5.75 Å². The molecule has 1 heterocycles. The van der Waals surface area contributed by atoms with E-state index in [1.54, 1.807) is 9.80 Å². The molecule has 1 aliphatic rings. The Morgan fingerprint density at radius 2 is 1.73 bits per heavy atom. The summed E-state index contributed by atoms with van der Waals surface area (Å²) in [6, 6.07) is 7.28. The third kappa shape index (κ3) is 4.62. The van der Waals surface area contributed by atoms with Crippen molar-refractivity contribution >= 4 is 27.9 Å². The Labute approximate surface area is 138 Å². The van der Waals surface area contributed by atoms with Gasteiger partial charge in [0.25, 0.3) is 5.91 Å². The van der Waals surface area contributed by atoms with Crippen molar-refractivity contribution in [3.8, 4) is 5.75 Å². The van der Waals surface area contributed by atoms with Crippen LogP contribution in [-0.4, -0.2) is 61.1 Å². The minimum Gasteiger partial charge on any atom is -0.484 e. The Kier molecular flexibility index (Phi) is 6.06. The second kappa shape index (κ2) is 8.03. The Balaban J connectivity index is 1.75. The van der Waals surface area contributed by atoms with Gasteiger partial charge in [-0.15, -0.1) is 0 Å². The molecule has 0 bridgehead atoms. The average molecular weight is 370 g/mol. The highest BCUT2D eigenvalue weighted by molar-refractivity contribution is 9.10. The summed E-state index contributed by atoms with van der Waals surface area (Å²) < 4.78 is 6.45. The van der Waals surface area contributed by atoms with Crippen molar-refractivity contribution in [2.45, 2.75) is 6.92 Å². The molecule has 6 nitrogen and oxygen atoms in total. The van der Waals surface area contributed by atoms with Crippen molar-refractivity contribution in [1.29, 1.82) is 0 Å². The molecular weight excluding hydrogens is 350 g/mol. The zero-order chi connectivity index (χ0) is 15.9. The molecule has 3 amide bonds. The molecule has 22 heavy (non-hydrogen) atoms. The minimum absolute atomic E-state index is 0.0167. The Bertz CT molecular complexity index is 513. The van der Waals surface area contributed by atoms with E-state index in [0.717, 1.165) is 4.47 Å². The van der Waals surface area contributed by atoms with Gasteiger partial charge >= 0.3 is 6.03 Å². The van der Waals surface area contributed by atoms with Gasteiger partial charge in [0.05, 0.1) is 0 Å². The number of hydrogen-bond acceptors (Lipinski definition) is 3. The summed E-state index contributed by atoms with van der Waals surface area (Å²) in [7, 11) is 0. The molecule has 1 saturated heterocycles. The lowest BCUT2D eigenvalue weighted by molar-refractivity contribution is -0.134. The number of benzene rings is 1. The first-order valence-electron chi connectivity index (χ1n) is 7.29. The highest BCUT2D eigenvalue weighted by Gasteiger charge is 2.23. The van der Waals surface area contributed by atoms with Crippen molar-refractivity contribution in [3.05, 3.63) is 28.7 Å². The molecule has 0 unspecified atom stereocenters. The van der Waals surface area contributed by atoms with Gasteiger partial charge in [0.2, 0.25) is 0 Å². The van der Waals surface area contributed by atoms with E-state index in [0.29, 0.717) is 38.5 Å². The summed E-state index contributed by atoms with van der Waals surface area (Å²) in [6.07, 6.45) is 0. The monoisotopic (exact) mass is 369 g/mol. The zero-order valence-corrected chi connectivity index (χ0v) is 14.1. The zero-order valence-electron chi connectivity index (χ0n) is 12.5. The lowest BCUT2D eigenvalue weighted by atomic mass is 10.3. The van der Waals surface area contributed by atoms with Crippen LogP contribution in [0.3, 0.4) is 0 Å². The third-order valence-electron chi connectivity index (χ3n) is 3.42. The van der Waals surface area contributed by atoms with E-state index in [9.17, 15) is 9.59 Å². The molecule has 1 aromatic rings. The van der Waals surface area contributed by atoms with Crippen molar-refractivity contribution in [2.75, 3.05) is 39.3 Å². The Morgan fingerprint density at radius 1 is 1.14 bits per heavy atom. The fraction of sp³-hybridized carbons (Fsp3) is 0.467. The van der Waals surface area contributed by atoms with Crippen LogP contribution >= 0.6 is 15.9 Å². The van der Waals surface area contributed by atoms with Crippen LogP contribution < -0.4 is 10.1 Å². The van der Waals surface area contributed by atoms with Gasteiger partial charge in [-0.05, 0) is 31.2 Å². The molecule has 0 aliphatic carbocycles. The number of ether oxygens (including phenoxy) is 1. The number of carbonyl (C=O) groups excluding carboxylic acids is 2. The van der Waals surface area contributed by atoms with Crippen LogP contribution in [0.2, 0.25) is 0 Å². The van der Waals surface area contributed by atoms with Crippen LogP contribution in [0.25, 0.3) is 0 Å². The SMILES string of the molecule is CCNC(=O)N1CCN(C(=O)COc2ccc(Br)cc2)CC1. The standard InChI is InChI=1S/C15H20BrN3O3/c1-2-17-15(21)19-9-7-18(8-10-19)14(20)11-22-13-5-3-12(16)4-6-13/h3-6H,2,7-11H2,1H3,(H,17,21). The van der Waals surface area contributed by atoms with E-state index in [1.807, 2.05) is 31.2 Å². The first-order valence-corrected chi connectivity index (χ1v) is 8.08. The lowest BCUT2D eigenvalue weighted by Gasteiger charge is -2.34. The molecule has 1 aliphatic heterocycles. The fourth-order valence-corrected chi connectivity index (χ4v) is 2.45.